The SMILES string of the molecule is COC(=O)C(C)c1ccc(-c2ccc(Cl)cc2)c(C)c1. The highest BCUT2D eigenvalue weighted by molar-refractivity contribution is 6.30. The summed E-state index contributed by atoms with van der Waals surface area (Å²) in [6.07, 6.45) is 0. The Morgan fingerprint density at radius 1 is 1.15 bits per heavy atom. The van der Waals surface area contributed by atoms with E-state index < -0.39 is 0 Å². The zero-order valence-electron chi connectivity index (χ0n) is 11.8. The Balaban J connectivity index is 2.35. The highest BCUT2D eigenvalue weighted by atomic mass is 35.5. The van der Waals surface area contributed by atoms with Crippen LogP contribution in [0.15, 0.2) is 42.5 Å². The lowest BCUT2D eigenvalue weighted by Gasteiger charge is -2.13. The largest absolute Gasteiger partial charge is 0.469 e. The molecule has 0 amide bonds. The van der Waals surface area contributed by atoms with Gasteiger partial charge in [0.1, 0.15) is 0 Å². The number of methoxy groups -OCH3 is 1. The maximum Gasteiger partial charge on any atom is 0.312 e. The maximum absolute atomic E-state index is 11.6. The van der Waals surface area contributed by atoms with Crippen LogP contribution in [0.3, 0.4) is 0 Å². The van der Waals surface area contributed by atoms with E-state index in [2.05, 4.69) is 0 Å². The Kier molecular flexibility index (Phi) is 4.46. The molecule has 3 heteroatoms. The van der Waals surface area contributed by atoms with Crippen molar-refractivity contribution in [2.24, 2.45) is 0 Å². The molecule has 0 heterocycles. The molecule has 0 saturated heterocycles. The van der Waals surface area contributed by atoms with Crippen LogP contribution in [0.5, 0.6) is 0 Å². The second-order valence-electron chi connectivity index (χ2n) is 4.83. The summed E-state index contributed by atoms with van der Waals surface area (Å²) >= 11 is 5.91. The van der Waals surface area contributed by atoms with Crippen molar-refractivity contribution in [3.05, 3.63) is 58.6 Å². The van der Waals surface area contributed by atoms with E-state index >= 15 is 0 Å². The minimum atomic E-state index is -0.252. The van der Waals surface area contributed by atoms with Crippen LogP contribution < -0.4 is 0 Å². The third-order valence-corrected chi connectivity index (χ3v) is 3.71. The predicted molar refractivity (Wildman–Crippen MR) is 82.1 cm³/mol. The number of aryl methyl sites for hydroxylation is 1. The minimum absolute atomic E-state index is 0.219. The lowest BCUT2D eigenvalue weighted by Crippen LogP contribution is -2.10. The van der Waals surface area contributed by atoms with Crippen molar-refractivity contribution in [2.75, 3.05) is 7.11 Å². The molecule has 0 aliphatic rings. The van der Waals surface area contributed by atoms with Crippen molar-refractivity contribution >= 4 is 17.6 Å². The van der Waals surface area contributed by atoms with E-state index in [0.717, 1.165) is 27.3 Å². The number of halogens is 1. The van der Waals surface area contributed by atoms with Crippen molar-refractivity contribution in [1.82, 2.24) is 0 Å². The Morgan fingerprint density at radius 2 is 1.80 bits per heavy atom. The van der Waals surface area contributed by atoms with Crippen LogP contribution in [-0.4, -0.2) is 13.1 Å². The Morgan fingerprint density at radius 3 is 2.35 bits per heavy atom. The van der Waals surface area contributed by atoms with E-state index in [4.69, 9.17) is 16.3 Å². The van der Waals surface area contributed by atoms with Crippen molar-refractivity contribution in [1.29, 1.82) is 0 Å². The Bertz CT molecular complexity index is 617. The highest BCUT2D eigenvalue weighted by Gasteiger charge is 2.16. The fourth-order valence-electron chi connectivity index (χ4n) is 2.22. The van der Waals surface area contributed by atoms with Crippen LogP contribution in [0.4, 0.5) is 0 Å². The molecule has 0 N–H and O–H groups in total. The van der Waals surface area contributed by atoms with Gasteiger partial charge >= 0.3 is 5.97 Å². The van der Waals surface area contributed by atoms with Gasteiger partial charge in [-0.25, -0.2) is 0 Å². The van der Waals surface area contributed by atoms with Crippen LogP contribution >= 0.6 is 11.6 Å². The molecule has 2 rings (SSSR count). The summed E-state index contributed by atoms with van der Waals surface area (Å²) in [7, 11) is 1.41. The molecule has 0 fully saturated rings. The van der Waals surface area contributed by atoms with Gasteiger partial charge in [0.15, 0.2) is 0 Å². The van der Waals surface area contributed by atoms with Crippen molar-refractivity contribution in [3.8, 4) is 11.1 Å². The molecule has 0 spiro atoms. The number of benzene rings is 2. The molecule has 0 aromatic heterocycles. The summed E-state index contributed by atoms with van der Waals surface area (Å²) in [5, 5.41) is 0.724. The zero-order chi connectivity index (χ0) is 14.7. The normalized spacial score (nSPS) is 12.0. The summed E-state index contributed by atoms with van der Waals surface area (Å²) in [4.78, 5) is 11.6. The highest BCUT2D eigenvalue weighted by Crippen LogP contribution is 2.28. The van der Waals surface area contributed by atoms with Gasteiger partial charge in [-0.3, -0.25) is 4.79 Å². The number of carbonyl (C=O) groups is 1. The van der Waals surface area contributed by atoms with Gasteiger partial charge in [0.2, 0.25) is 0 Å². The quantitative estimate of drug-likeness (QED) is 0.772. The van der Waals surface area contributed by atoms with Gasteiger partial charge in [0.05, 0.1) is 13.0 Å². The van der Waals surface area contributed by atoms with Crippen LogP contribution in [0.1, 0.15) is 24.0 Å². The van der Waals surface area contributed by atoms with Crippen molar-refractivity contribution in [3.63, 3.8) is 0 Å². The van der Waals surface area contributed by atoms with Gasteiger partial charge < -0.3 is 4.74 Å². The Hall–Kier alpha value is -1.80. The summed E-state index contributed by atoms with van der Waals surface area (Å²) in [5.41, 5.74) is 4.35. The lowest BCUT2D eigenvalue weighted by molar-refractivity contribution is -0.141. The minimum Gasteiger partial charge on any atom is -0.469 e. The van der Waals surface area contributed by atoms with E-state index in [1.54, 1.807) is 0 Å². The summed E-state index contributed by atoms with van der Waals surface area (Å²) in [5.74, 6) is -0.471. The molecule has 0 radical (unpaired) electrons. The summed E-state index contributed by atoms with van der Waals surface area (Å²) in [6.45, 7) is 3.89. The summed E-state index contributed by atoms with van der Waals surface area (Å²) < 4.78 is 4.78. The van der Waals surface area contributed by atoms with Crippen molar-refractivity contribution < 1.29 is 9.53 Å². The molecule has 1 unspecified atom stereocenters. The molecular formula is C17H17ClO2. The van der Waals surface area contributed by atoms with E-state index in [9.17, 15) is 4.79 Å². The number of carbonyl (C=O) groups excluding carboxylic acids is 1. The number of hydrogen-bond donors (Lipinski definition) is 0. The standard InChI is InChI=1S/C17H17ClO2/c1-11-10-14(12(2)17(19)20-3)6-9-16(11)13-4-7-15(18)8-5-13/h4-10,12H,1-3H3. The molecule has 104 valence electrons. The predicted octanol–water partition coefficient (Wildman–Crippen LogP) is 4.59. The summed E-state index contributed by atoms with van der Waals surface area (Å²) in [6, 6.07) is 13.8. The van der Waals surface area contributed by atoms with Crippen LogP contribution in [0.2, 0.25) is 5.02 Å². The molecule has 0 bridgehead atoms. The number of esters is 1. The van der Waals surface area contributed by atoms with E-state index in [1.807, 2.05) is 56.3 Å². The van der Waals surface area contributed by atoms with Gasteiger partial charge in [0, 0.05) is 5.02 Å². The second-order valence-corrected chi connectivity index (χ2v) is 5.26. The average Bonchev–Trinajstić information content (AvgIpc) is 2.46. The third kappa shape index (κ3) is 3.02. The Labute approximate surface area is 124 Å². The molecule has 0 aliphatic heterocycles. The molecular weight excluding hydrogens is 272 g/mol. The van der Waals surface area contributed by atoms with Gasteiger partial charge in [-0.1, -0.05) is 41.9 Å². The fraction of sp³-hybridized carbons (Fsp3) is 0.235. The monoisotopic (exact) mass is 288 g/mol. The van der Waals surface area contributed by atoms with E-state index in [-0.39, 0.29) is 11.9 Å². The second kappa shape index (κ2) is 6.10. The number of rotatable bonds is 3. The smallest absolute Gasteiger partial charge is 0.312 e. The molecule has 2 aromatic carbocycles. The molecule has 2 aromatic rings. The number of ether oxygens (including phenoxy) is 1. The first-order valence-corrected chi connectivity index (χ1v) is 6.85. The van der Waals surface area contributed by atoms with Gasteiger partial charge in [-0.05, 0) is 48.2 Å². The maximum atomic E-state index is 11.6. The van der Waals surface area contributed by atoms with Crippen LogP contribution in [-0.2, 0) is 9.53 Å². The van der Waals surface area contributed by atoms with Crippen LogP contribution in [0, 0.1) is 6.92 Å². The van der Waals surface area contributed by atoms with E-state index in [0.29, 0.717) is 0 Å². The van der Waals surface area contributed by atoms with Gasteiger partial charge in [-0.2, -0.15) is 0 Å². The van der Waals surface area contributed by atoms with Crippen molar-refractivity contribution in [2.45, 2.75) is 19.8 Å². The molecule has 1 atom stereocenters. The van der Waals surface area contributed by atoms with Gasteiger partial charge in [0.25, 0.3) is 0 Å². The molecule has 0 aliphatic carbocycles. The first kappa shape index (κ1) is 14.6. The zero-order valence-corrected chi connectivity index (χ0v) is 12.6. The van der Waals surface area contributed by atoms with E-state index in [1.165, 1.54) is 7.11 Å². The first-order valence-electron chi connectivity index (χ1n) is 6.47. The molecule has 20 heavy (non-hydrogen) atoms. The topological polar surface area (TPSA) is 26.3 Å². The molecule has 0 saturated carbocycles. The first-order chi connectivity index (χ1) is 9.52. The fourth-order valence-corrected chi connectivity index (χ4v) is 2.35. The lowest BCUT2D eigenvalue weighted by atomic mass is 9.94. The van der Waals surface area contributed by atoms with Crippen LogP contribution in [0.25, 0.3) is 11.1 Å². The third-order valence-electron chi connectivity index (χ3n) is 3.46. The average molecular weight is 289 g/mol. The molecule has 2 nitrogen and oxygen atoms in total. The number of hydrogen-bond acceptors (Lipinski definition) is 2. The van der Waals surface area contributed by atoms with Gasteiger partial charge in [-0.15, -0.1) is 0 Å².